The Kier molecular flexibility index (Phi) is 6.20. The van der Waals surface area contributed by atoms with E-state index in [1.165, 1.54) is 18.2 Å². The van der Waals surface area contributed by atoms with E-state index in [1.807, 2.05) is 12.1 Å². The summed E-state index contributed by atoms with van der Waals surface area (Å²) in [5, 5.41) is 12.0. The van der Waals surface area contributed by atoms with Gasteiger partial charge in [0.1, 0.15) is 5.57 Å². The van der Waals surface area contributed by atoms with Gasteiger partial charge in [0.2, 0.25) is 0 Å². The van der Waals surface area contributed by atoms with Gasteiger partial charge in [-0.1, -0.05) is 32.0 Å². The number of amides is 4. The van der Waals surface area contributed by atoms with Crippen LogP contribution in [0.15, 0.2) is 48.0 Å². The smallest absolute Gasteiger partial charge is 0.335 e. The summed E-state index contributed by atoms with van der Waals surface area (Å²) in [4.78, 5) is 38.6. The number of carbonyl (C=O) groups is 3. The van der Waals surface area contributed by atoms with Crippen LogP contribution in [-0.4, -0.2) is 29.6 Å². The van der Waals surface area contributed by atoms with Gasteiger partial charge < -0.3 is 9.84 Å². The van der Waals surface area contributed by atoms with Crippen LogP contribution in [-0.2, 0) is 9.59 Å². The van der Waals surface area contributed by atoms with Crippen LogP contribution in [0.1, 0.15) is 44.2 Å². The maximum atomic E-state index is 13.0. The molecule has 0 bridgehead atoms. The highest BCUT2D eigenvalue weighted by atomic mass is 16.5. The van der Waals surface area contributed by atoms with Crippen molar-refractivity contribution in [3.63, 3.8) is 0 Å². The highest BCUT2D eigenvalue weighted by molar-refractivity contribution is 6.39. The molecule has 7 heteroatoms. The van der Waals surface area contributed by atoms with Crippen molar-refractivity contribution in [2.75, 3.05) is 11.5 Å². The van der Waals surface area contributed by atoms with Crippen molar-refractivity contribution >= 4 is 29.6 Å². The first-order valence-electron chi connectivity index (χ1n) is 9.82. The van der Waals surface area contributed by atoms with Crippen LogP contribution >= 0.6 is 0 Å². The van der Waals surface area contributed by atoms with Crippen molar-refractivity contribution in [2.24, 2.45) is 0 Å². The molecule has 3 rings (SSSR count). The normalized spacial score (nSPS) is 16.6. The van der Waals surface area contributed by atoms with Crippen LogP contribution in [0.4, 0.5) is 10.5 Å². The molecule has 1 atom stereocenters. The SMILES string of the molecule is CCOc1cc(/C=C2\C(=O)NC(=O)N(c3ccc(C(C)CC)cc3)C2=O)ccc1O. The van der Waals surface area contributed by atoms with E-state index in [4.69, 9.17) is 4.74 Å². The number of anilines is 1. The molecule has 7 nitrogen and oxygen atoms in total. The molecule has 1 aliphatic heterocycles. The maximum Gasteiger partial charge on any atom is 0.335 e. The molecule has 4 amide bonds. The minimum atomic E-state index is -0.792. The Labute approximate surface area is 175 Å². The van der Waals surface area contributed by atoms with Crippen molar-refractivity contribution in [1.82, 2.24) is 5.32 Å². The Morgan fingerprint density at radius 2 is 1.80 bits per heavy atom. The van der Waals surface area contributed by atoms with Crippen LogP contribution < -0.4 is 15.0 Å². The van der Waals surface area contributed by atoms with E-state index in [0.717, 1.165) is 16.9 Å². The van der Waals surface area contributed by atoms with Crippen molar-refractivity contribution in [2.45, 2.75) is 33.1 Å². The first-order chi connectivity index (χ1) is 14.3. The Morgan fingerprint density at radius 1 is 1.10 bits per heavy atom. The second kappa shape index (κ2) is 8.82. The fourth-order valence-corrected chi connectivity index (χ4v) is 3.14. The number of benzene rings is 2. The van der Waals surface area contributed by atoms with Gasteiger partial charge in [0, 0.05) is 0 Å². The monoisotopic (exact) mass is 408 g/mol. The average Bonchev–Trinajstić information content (AvgIpc) is 2.73. The van der Waals surface area contributed by atoms with Crippen LogP contribution in [0.5, 0.6) is 11.5 Å². The molecule has 2 aromatic rings. The molecule has 1 saturated heterocycles. The lowest BCUT2D eigenvalue weighted by Gasteiger charge is -2.26. The van der Waals surface area contributed by atoms with E-state index < -0.39 is 17.8 Å². The minimum Gasteiger partial charge on any atom is -0.504 e. The number of aromatic hydroxyl groups is 1. The lowest BCUT2D eigenvalue weighted by molar-refractivity contribution is -0.122. The third-order valence-electron chi connectivity index (χ3n) is 5.03. The molecule has 0 aliphatic carbocycles. The van der Waals surface area contributed by atoms with Gasteiger partial charge in [0.05, 0.1) is 12.3 Å². The number of carbonyl (C=O) groups excluding carboxylic acids is 3. The summed E-state index contributed by atoms with van der Waals surface area (Å²) < 4.78 is 5.34. The Balaban J connectivity index is 1.94. The van der Waals surface area contributed by atoms with Crippen molar-refractivity contribution in [3.05, 3.63) is 59.2 Å². The molecule has 2 aromatic carbocycles. The highest BCUT2D eigenvalue weighted by Crippen LogP contribution is 2.29. The zero-order chi connectivity index (χ0) is 21.8. The van der Waals surface area contributed by atoms with Crippen LogP contribution in [0.3, 0.4) is 0 Å². The molecule has 30 heavy (non-hydrogen) atoms. The minimum absolute atomic E-state index is 0.0448. The molecular formula is C23H24N2O5. The second-order valence-electron chi connectivity index (χ2n) is 7.02. The first-order valence-corrected chi connectivity index (χ1v) is 9.82. The summed E-state index contributed by atoms with van der Waals surface area (Å²) >= 11 is 0. The molecule has 2 N–H and O–H groups in total. The summed E-state index contributed by atoms with van der Waals surface area (Å²) in [5.41, 5.74) is 1.78. The number of ether oxygens (including phenoxy) is 1. The molecule has 0 spiro atoms. The number of urea groups is 1. The number of hydrogen-bond acceptors (Lipinski definition) is 5. The topological polar surface area (TPSA) is 95.9 Å². The van der Waals surface area contributed by atoms with E-state index in [2.05, 4.69) is 19.2 Å². The quantitative estimate of drug-likeness (QED) is 0.557. The third-order valence-corrected chi connectivity index (χ3v) is 5.03. The summed E-state index contributed by atoms with van der Waals surface area (Å²) in [6.45, 7) is 6.31. The van der Waals surface area contributed by atoms with Gasteiger partial charge in [-0.05, 0) is 60.7 Å². The van der Waals surface area contributed by atoms with E-state index in [1.54, 1.807) is 25.1 Å². The van der Waals surface area contributed by atoms with Crippen LogP contribution in [0.2, 0.25) is 0 Å². The number of nitrogens with zero attached hydrogens (tertiary/aromatic N) is 1. The van der Waals surface area contributed by atoms with Crippen molar-refractivity contribution < 1.29 is 24.2 Å². The highest BCUT2D eigenvalue weighted by Gasteiger charge is 2.36. The number of imide groups is 2. The van der Waals surface area contributed by atoms with Gasteiger partial charge in [0.15, 0.2) is 11.5 Å². The number of phenols is 1. The predicted molar refractivity (Wildman–Crippen MR) is 113 cm³/mol. The van der Waals surface area contributed by atoms with Gasteiger partial charge in [0.25, 0.3) is 11.8 Å². The molecule has 1 fully saturated rings. The number of nitrogens with one attached hydrogen (secondary N) is 1. The number of rotatable bonds is 6. The maximum absolute atomic E-state index is 13.0. The average molecular weight is 408 g/mol. The van der Waals surface area contributed by atoms with Gasteiger partial charge in [-0.3, -0.25) is 14.9 Å². The van der Waals surface area contributed by atoms with Crippen LogP contribution in [0.25, 0.3) is 6.08 Å². The Bertz CT molecular complexity index is 1010. The second-order valence-corrected chi connectivity index (χ2v) is 7.02. The van der Waals surface area contributed by atoms with Gasteiger partial charge in [-0.15, -0.1) is 0 Å². The zero-order valence-corrected chi connectivity index (χ0v) is 17.1. The van der Waals surface area contributed by atoms with E-state index in [0.29, 0.717) is 23.8 Å². The fraction of sp³-hybridized carbons (Fsp3) is 0.261. The molecular weight excluding hydrogens is 384 g/mol. The molecule has 0 radical (unpaired) electrons. The number of phenolic OH excluding ortho intramolecular Hbond substituents is 1. The lowest BCUT2D eigenvalue weighted by Crippen LogP contribution is -2.54. The van der Waals surface area contributed by atoms with Gasteiger partial charge in [-0.25, -0.2) is 9.69 Å². The van der Waals surface area contributed by atoms with Crippen molar-refractivity contribution in [3.8, 4) is 11.5 Å². The molecule has 0 aromatic heterocycles. The van der Waals surface area contributed by atoms with E-state index in [9.17, 15) is 19.5 Å². The molecule has 0 saturated carbocycles. The zero-order valence-electron chi connectivity index (χ0n) is 17.1. The molecule has 1 heterocycles. The number of barbiturate groups is 1. The third kappa shape index (κ3) is 4.20. The first kappa shape index (κ1) is 21.1. The van der Waals surface area contributed by atoms with Gasteiger partial charge in [-0.2, -0.15) is 0 Å². The molecule has 1 unspecified atom stereocenters. The van der Waals surface area contributed by atoms with Crippen LogP contribution in [0, 0.1) is 0 Å². The van der Waals surface area contributed by atoms with Gasteiger partial charge >= 0.3 is 6.03 Å². The largest absolute Gasteiger partial charge is 0.504 e. The molecule has 1 aliphatic rings. The number of hydrogen-bond donors (Lipinski definition) is 2. The van der Waals surface area contributed by atoms with Crippen molar-refractivity contribution in [1.29, 1.82) is 0 Å². The summed E-state index contributed by atoms with van der Waals surface area (Å²) in [6, 6.07) is 10.8. The summed E-state index contributed by atoms with van der Waals surface area (Å²) in [6.07, 6.45) is 2.34. The fourth-order valence-electron chi connectivity index (χ4n) is 3.14. The molecule has 156 valence electrons. The Hall–Kier alpha value is -3.61. The standard InChI is InChI=1S/C23H24N2O5/c1-4-14(3)16-7-9-17(10-8-16)25-22(28)18(21(27)24-23(25)29)12-15-6-11-19(26)20(13-15)30-5-2/h6-14,26H,4-5H2,1-3H3,(H,24,27,29)/b18-12+. The Morgan fingerprint density at radius 3 is 2.43 bits per heavy atom. The predicted octanol–water partition coefficient (Wildman–Crippen LogP) is 3.97. The van der Waals surface area contributed by atoms with E-state index in [-0.39, 0.29) is 17.1 Å². The van der Waals surface area contributed by atoms with E-state index >= 15 is 0 Å². The summed E-state index contributed by atoms with van der Waals surface area (Å²) in [7, 11) is 0. The lowest BCUT2D eigenvalue weighted by atomic mass is 9.98. The summed E-state index contributed by atoms with van der Waals surface area (Å²) in [5.74, 6) is -0.939.